The molecule has 1 aliphatic rings. The summed E-state index contributed by atoms with van der Waals surface area (Å²) >= 11 is 0. The monoisotopic (exact) mass is 232 g/mol. The summed E-state index contributed by atoms with van der Waals surface area (Å²) in [6.07, 6.45) is 0. The molecule has 1 aliphatic heterocycles. The summed E-state index contributed by atoms with van der Waals surface area (Å²) in [5.41, 5.74) is 1.29. The molecule has 0 unspecified atom stereocenters. The Bertz CT molecular complexity index is 496. The summed E-state index contributed by atoms with van der Waals surface area (Å²) in [5.74, 6) is -1.17. The molecule has 88 valence electrons. The maximum absolute atomic E-state index is 11.2. The Labute approximate surface area is 98.3 Å². The quantitative estimate of drug-likeness (QED) is 0.754. The van der Waals surface area contributed by atoms with E-state index in [9.17, 15) is 9.59 Å². The number of carbonyl (C=O) groups is 2. The van der Waals surface area contributed by atoms with Gasteiger partial charge in [0, 0.05) is 12.6 Å². The van der Waals surface area contributed by atoms with Crippen LogP contribution in [0, 0.1) is 5.41 Å². The summed E-state index contributed by atoms with van der Waals surface area (Å²) < 4.78 is 4.82. The molecule has 5 nitrogen and oxygen atoms in total. The molecule has 0 radical (unpaired) electrons. The van der Waals surface area contributed by atoms with E-state index in [0.29, 0.717) is 5.69 Å². The third-order valence-corrected chi connectivity index (χ3v) is 2.60. The van der Waals surface area contributed by atoms with Crippen LogP contribution in [0.2, 0.25) is 0 Å². The fourth-order valence-electron chi connectivity index (χ4n) is 1.81. The predicted octanol–water partition coefficient (Wildman–Crippen LogP) is 1.31. The van der Waals surface area contributed by atoms with Crippen molar-refractivity contribution in [1.29, 1.82) is 5.41 Å². The van der Waals surface area contributed by atoms with Crippen LogP contribution in [0.15, 0.2) is 24.3 Å². The van der Waals surface area contributed by atoms with Crippen LogP contribution in [0.4, 0.5) is 5.69 Å². The second-order valence-electron chi connectivity index (χ2n) is 3.83. The molecule has 1 heterocycles. The van der Waals surface area contributed by atoms with Crippen LogP contribution in [-0.4, -0.2) is 24.2 Å². The van der Waals surface area contributed by atoms with Crippen LogP contribution < -0.4 is 5.32 Å². The fourth-order valence-corrected chi connectivity index (χ4v) is 1.81. The molecular weight excluding hydrogens is 220 g/mol. The van der Waals surface area contributed by atoms with E-state index in [2.05, 4.69) is 5.32 Å². The number of amides is 1. The number of hydrogen-bond acceptors (Lipinski definition) is 4. The molecule has 1 fully saturated rings. The van der Waals surface area contributed by atoms with E-state index in [-0.39, 0.29) is 18.2 Å². The highest BCUT2D eigenvalue weighted by molar-refractivity contribution is 6.39. The topological polar surface area (TPSA) is 79.2 Å². The summed E-state index contributed by atoms with van der Waals surface area (Å²) in [6.45, 7) is 1.58. The first-order valence-electron chi connectivity index (χ1n) is 5.21. The first-order chi connectivity index (χ1) is 8.09. The van der Waals surface area contributed by atoms with Gasteiger partial charge in [0.2, 0.25) is 5.91 Å². The second kappa shape index (κ2) is 4.37. The average molecular weight is 232 g/mol. The third-order valence-electron chi connectivity index (χ3n) is 2.60. The Morgan fingerprint density at radius 3 is 2.76 bits per heavy atom. The number of esters is 1. The van der Waals surface area contributed by atoms with Crippen molar-refractivity contribution in [3.63, 3.8) is 0 Å². The molecular formula is C12H12N2O3. The number of anilines is 1. The summed E-state index contributed by atoms with van der Waals surface area (Å²) in [4.78, 5) is 22.2. The van der Waals surface area contributed by atoms with Crippen molar-refractivity contribution in [3.05, 3.63) is 29.8 Å². The van der Waals surface area contributed by atoms with Crippen LogP contribution in [0.3, 0.4) is 0 Å². The van der Waals surface area contributed by atoms with Crippen molar-refractivity contribution in [3.8, 4) is 0 Å². The van der Waals surface area contributed by atoms with Gasteiger partial charge in [-0.25, -0.2) is 4.79 Å². The summed E-state index contributed by atoms with van der Waals surface area (Å²) in [6, 6.07) is 7.12. The van der Waals surface area contributed by atoms with Gasteiger partial charge in [0.05, 0.1) is 5.92 Å². The van der Waals surface area contributed by atoms with Gasteiger partial charge in [0.1, 0.15) is 12.3 Å². The highest BCUT2D eigenvalue weighted by Gasteiger charge is 2.33. The smallest absolute Gasteiger partial charge is 0.352 e. The van der Waals surface area contributed by atoms with Crippen molar-refractivity contribution in [1.82, 2.24) is 0 Å². The molecule has 1 aromatic carbocycles. The van der Waals surface area contributed by atoms with Gasteiger partial charge in [-0.1, -0.05) is 18.2 Å². The predicted molar refractivity (Wildman–Crippen MR) is 62.2 cm³/mol. The van der Waals surface area contributed by atoms with E-state index in [4.69, 9.17) is 10.1 Å². The molecule has 5 heteroatoms. The number of cyclic esters (lactones) is 1. The van der Waals surface area contributed by atoms with Gasteiger partial charge < -0.3 is 10.1 Å². The first-order valence-corrected chi connectivity index (χ1v) is 5.21. The number of para-hydroxylation sites is 1. The largest absolute Gasteiger partial charge is 0.460 e. The molecule has 17 heavy (non-hydrogen) atoms. The van der Waals surface area contributed by atoms with Crippen LogP contribution in [0.5, 0.6) is 0 Å². The van der Waals surface area contributed by atoms with Crippen LogP contribution in [-0.2, 0) is 14.3 Å². The zero-order valence-corrected chi connectivity index (χ0v) is 9.32. The van der Waals surface area contributed by atoms with E-state index in [0.717, 1.165) is 5.56 Å². The molecule has 0 aliphatic carbocycles. The highest BCUT2D eigenvalue weighted by Crippen LogP contribution is 2.29. The van der Waals surface area contributed by atoms with Crippen LogP contribution >= 0.6 is 0 Å². The van der Waals surface area contributed by atoms with Gasteiger partial charge in [0.25, 0.3) is 0 Å². The molecule has 0 aromatic heterocycles. The minimum absolute atomic E-state index is 0.0668. The van der Waals surface area contributed by atoms with Gasteiger partial charge in [-0.15, -0.1) is 0 Å². The summed E-state index contributed by atoms with van der Waals surface area (Å²) in [5, 5.41) is 10.3. The van der Waals surface area contributed by atoms with Gasteiger partial charge in [-0.05, 0) is 11.6 Å². The first kappa shape index (κ1) is 11.3. The number of carbonyl (C=O) groups excluding carboxylic acids is 2. The lowest BCUT2D eigenvalue weighted by atomic mass is 9.95. The molecule has 2 rings (SSSR count). The normalized spacial score (nSPS) is 19.0. The Kier molecular flexibility index (Phi) is 2.91. The molecule has 0 bridgehead atoms. The maximum atomic E-state index is 11.2. The molecule has 1 saturated heterocycles. The van der Waals surface area contributed by atoms with Crippen molar-refractivity contribution >= 4 is 23.3 Å². The van der Waals surface area contributed by atoms with Crippen LogP contribution in [0.1, 0.15) is 18.4 Å². The van der Waals surface area contributed by atoms with Gasteiger partial charge >= 0.3 is 5.97 Å². The Morgan fingerprint density at radius 2 is 2.18 bits per heavy atom. The number of rotatable bonds is 2. The molecule has 0 saturated carbocycles. The lowest BCUT2D eigenvalue weighted by Crippen LogP contribution is -2.15. The maximum Gasteiger partial charge on any atom is 0.352 e. The lowest BCUT2D eigenvalue weighted by molar-refractivity contribution is -0.132. The van der Waals surface area contributed by atoms with E-state index in [1.54, 1.807) is 24.3 Å². The molecule has 1 atom stereocenters. The Hall–Kier alpha value is -2.17. The minimum Gasteiger partial charge on any atom is -0.460 e. The third kappa shape index (κ3) is 2.18. The number of benzene rings is 1. The molecule has 1 amide bonds. The highest BCUT2D eigenvalue weighted by atomic mass is 16.5. The molecule has 2 N–H and O–H groups in total. The SMILES string of the molecule is CC(=O)Nc1ccccc1[C@H]1COC(=O)C1=N. The zero-order chi connectivity index (χ0) is 12.4. The van der Waals surface area contributed by atoms with Gasteiger partial charge in [-0.3, -0.25) is 10.2 Å². The van der Waals surface area contributed by atoms with Crippen LogP contribution in [0.25, 0.3) is 0 Å². The number of ether oxygens (including phenoxy) is 1. The Balaban J connectivity index is 2.35. The summed E-state index contributed by atoms with van der Waals surface area (Å²) in [7, 11) is 0. The van der Waals surface area contributed by atoms with Crippen molar-refractivity contribution in [2.24, 2.45) is 0 Å². The van der Waals surface area contributed by atoms with E-state index in [1.165, 1.54) is 6.92 Å². The van der Waals surface area contributed by atoms with Crippen molar-refractivity contribution < 1.29 is 14.3 Å². The standard InChI is InChI=1S/C12H12N2O3/c1-7(15)14-10-5-3-2-4-8(10)9-6-17-12(16)11(9)13/h2-5,9,13H,6H2,1H3,(H,14,15)/t9-/m1/s1. The molecule has 1 aromatic rings. The van der Waals surface area contributed by atoms with Crippen molar-refractivity contribution in [2.45, 2.75) is 12.8 Å². The average Bonchev–Trinajstić information content (AvgIpc) is 2.60. The van der Waals surface area contributed by atoms with E-state index < -0.39 is 11.9 Å². The lowest BCUT2D eigenvalue weighted by Gasteiger charge is -2.13. The minimum atomic E-state index is -0.590. The Morgan fingerprint density at radius 1 is 1.47 bits per heavy atom. The number of nitrogens with one attached hydrogen (secondary N) is 2. The van der Waals surface area contributed by atoms with E-state index >= 15 is 0 Å². The van der Waals surface area contributed by atoms with Crippen molar-refractivity contribution in [2.75, 3.05) is 11.9 Å². The van der Waals surface area contributed by atoms with Gasteiger partial charge in [0.15, 0.2) is 0 Å². The molecule has 0 spiro atoms. The zero-order valence-electron chi connectivity index (χ0n) is 9.32. The second-order valence-corrected chi connectivity index (χ2v) is 3.83. The van der Waals surface area contributed by atoms with E-state index in [1.807, 2.05) is 0 Å². The fraction of sp³-hybridized carbons (Fsp3) is 0.250. The number of hydrogen-bond donors (Lipinski definition) is 2. The van der Waals surface area contributed by atoms with Gasteiger partial charge in [-0.2, -0.15) is 0 Å².